The molecule has 11 saturated carbocycles. The topological polar surface area (TPSA) is 60.4 Å². The zero-order valence-electron chi connectivity index (χ0n) is 38.8. The van der Waals surface area contributed by atoms with Gasteiger partial charge in [-0.25, -0.2) is 0 Å². The Morgan fingerprint density at radius 1 is 0.324 bits per heavy atom. The predicted molar refractivity (Wildman–Crippen MR) is 263 cm³/mol. The van der Waals surface area contributed by atoms with Crippen LogP contribution >= 0.6 is 0 Å². The number of hydrogen-bond donors (Lipinski definition) is 0. The van der Waals surface area contributed by atoms with E-state index in [4.69, 9.17) is 19.9 Å². The van der Waals surface area contributed by atoms with Crippen molar-refractivity contribution in [1.29, 1.82) is 0 Å². The number of pyridine rings is 4. The molecule has 332 valence electrons. The number of hydrogen-bond acceptors (Lipinski definition) is 4. The van der Waals surface area contributed by atoms with Gasteiger partial charge < -0.3 is 8.80 Å². The van der Waals surface area contributed by atoms with Crippen LogP contribution < -0.4 is 0 Å². The molecule has 16 aliphatic rings. The number of rotatable bonds is 0. The molecule has 0 N–H and O–H groups in total. The largest absolute Gasteiger partial charge is 0.305 e. The van der Waals surface area contributed by atoms with Crippen LogP contribution in [0.4, 0.5) is 0 Å². The lowest BCUT2D eigenvalue weighted by Gasteiger charge is -2.68. The second kappa shape index (κ2) is 9.38. The first-order chi connectivity index (χ1) is 33.6. The zero-order valence-corrected chi connectivity index (χ0v) is 38.8. The highest BCUT2D eigenvalue weighted by Gasteiger charge is 2.75. The minimum absolute atomic E-state index is 0.548. The maximum Gasteiger partial charge on any atom is 0.0728 e. The molecular weight excluding hydrogens is 829 g/mol. The second-order valence-electron chi connectivity index (χ2n) is 28.4. The highest BCUT2D eigenvalue weighted by Crippen LogP contribution is 2.85. The first kappa shape index (κ1) is 33.1. The van der Waals surface area contributed by atoms with Gasteiger partial charge in [0.15, 0.2) is 0 Å². The first-order valence-corrected chi connectivity index (χ1v) is 28.5. The Morgan fingerprint density at radius 3 is 1.04 bits per heavy atom. The summed E-state index contributed by atoms with van der Waals surface area (Å²) in [4.78, 5) is 23.1. The fourth-order valence-corrected chi connectivity index (χ4v) is 26.1. The Bertz CT molecular complexity index is 3750. The van der Waals surface area contributed by atoms with Gasteiger partial charge in [-0.1, -0.05) is 0 Å². The summed E-state index contributed by atoms with van der Waals surface area (Å²) in [5.74, 6) is 12.4. The van der Waals surface area contributed by atoms with E-state index in [0.717, 1.165) is 47.3 Å². The molecule has 11 fully saturated rings. The maximum atomic E-state index is 5.79. The summed E-state index contributed by atoms with van der Waals surface area (Å²) in [7, 11) is 0. The Kier molecular flexibility index (Phi) is 4.57. The van der Waals surface area contributed by atoms with Crippen molar-refractivity contribution in [2.75, 3.05) is 0 Å². The fraction of sp³-hybridized carbons (Fsp3) is 0.581. The lowest BCUT2D eigenvalue weighted by atomic mass is 9.36. The third-order valence-corrected chi connectivity index (χ3v) is 27.8. The predicted octanol–water partition coefficient (Wildman–Crippen LogP) is 14.0. The van der Waals surface area contributed by atoms with Gasteiger partial charge in [-0.2, -0.15) is 0 Å². The molecule has 8 heterocycles. The van der Waals surface area contributed by atoms with Crippen LogP contribution in [0.25, 0.3) is 76.2 Å². The Labute approximate surface area is 393 Å². The Balaban J connectivity index is 0.976. The molecule has 3 spiro atoms. The first-order valence-electron chi connectivity index (χ1n) is 28.5. The highest BCUT2D eigenvalue weighted by molar-refractivity contribution is 6.46. The minimum Gasteiger partial charge on any atom is -0.305 e. The number of fused-ring (bicyclic) bond motifs is 29. The molecule has 0 saturated heterocycles. The molecule has 6 nitrogen and oxygen atoms in total. The lowest BCUT2D eigenvalue weighted by Crippen LogP contribution is -2.59. The molecule has 0 aliphatic heterocycles. The van der Waals surface area contributed by atoms with Crippen LogP contribution in [0.3, 0.4) is 0 Å². The number of benzene rings is 1. The van der Waals surface area contributed by atoms with Crippen LogP contribution in [0.1, 0.15) is 202 Å². The third kappa shape index (κ3) is 2.77. The molecular formula is C62H54N6. The fourth-order valence-electron chi connectivity index (χ4n) is 26.1. The van der Waals surface area contributed by atoms with Crippen molar-refractivity contribution in [3.8, 4) is 0 Å². The molecule has 68 heavy (non-hydrogen) atoms. The van der Waals surface area contributed by atoms with Gasteiger partial charge in [-0.3, -0.25) is 19.9 Å². The van der Waals surface area contributed by atoms with Crippen LogP contribution in [0, 0.1) is 63.6 Å². The molecule has 17 unspecified atom stereocenters. The minimum atomic E-state index is 0.548. The summed E-state index contributed by atoms with van der Waals surface area (Å²) in [5, 5.41) is 13.0. The monoisotopic (exact) mass is 882 g/mol. The normalized spacial score (nSPS) is 47.2. The summed E-state index contributed by atoms with van der Waals surface area (Å²) in [6, 6.07) is 0. The van der Waals surface area contributed by atoms with E-state index in [1.54, 1.807) is 76.4 Å². The molecule has 25 rings (SSSR count). The van der Waals surface area contributed by atoms with Crippen molar-refractivity contribution in [3.05, 3.63) is 69.8 Å². The summed E-state index contributed by atoms with van der Waals surface area (Å²) >= 11 is 0. The molecule has 8 aromatic heterocycles. The van der Waals surface area contributed by atoms with Crippen LogP contribution in [0.2, 0.25) is 0 Å². The van der Waals surface area contributed by atoms with Crippen LogP contribution in [-0.4, -0.2) is 28.7 Å². The molecule has 0 amide bonds. The Hall–Kier alpha value is -4.58. The molecule has 0 radical (unpaired) electrons. The zero-order chi connectivity index (χ0) is 42.3. The van der Waals surface area contributed by atoms with E-state index < -0.39 is 0 Å². The van der Waals surface area contributed by atoms with Crippen molar-refractivity contribution in [2.24, 2.45) is 63.6 Å². The standard InChI is InChI=1S/C62H54N6/c1-22-2-24-3-23(1)5-25(4-22)54-42(24)46-38(18-63-54)67-39-19-64-56-27-7-30-10-33-13-36(61(30,33)16-27)44(56)48(39)52-53-49-41(21-66-57-28-8-31-11-34-14-37(45(49)57)62(31,34)17-28)68-40-20-65-55-26-6-29-9-32-12-35(60(29,32)15-26)43(55)47(40)51(59(53)68)50(46)58(52)67/h18-37H,1-17H2. The molecule has 10 bridgehead atoms. The quantitative estimate of drug-likeness (QED) is 0.152. The van der Waals surface area contributed by atoms with E-state index in [2.05, 4.69) is 33.6 Å². The van der Waals surface area contributed by atoms with Gasteiger partial charge in [0, 0.05) is 89.5 Å². The van der Waals surface area contributed by atoms with Crippen molar-refractivity contribution in [2.45, 2.75) is 156 Å². The van der Waals surface area contributed by atoms with Crippen molar-refractivity contribution in [1.82, 2.24) is 28.7 Å². The summed E-state index contributed by atoms with van der Waals surface area (Å²) in [6.45, 7) is 0. The second-order valence-corrected chi connectivity index (χ2v) is 28.4. The Morgan fingerprint density at radius 2 is 0.662 bits per heavy atom. The van der Waals surface area contributed by atoms with E-state index in [1.807, 2.05) is 0 Å². The third-order valence-electron chi connectivity index (χ3n) is 27.8. The smallest absolute Gasteiger partial charge is 0.0728 e. The van der Waals surface area contributed by atoms with E-state index in [0.29, 0.717) is 63.6 Å². The van der Waals surface area contributed by atoms with Crippen molar-refractivity contribution < 1.29 is 0 Å². The van der Waals surface area contributed by atoms with Gasteiger partial charge in [-0.05, 0) is 219 Å². The average Bonchev–Trinajstić information content (AvgIpc) is 4.20. The molecule has 1 aromatic carbocycles. The van der Waals surface area contributed by atoms with E-state index >= 15 is 0 Å². The van der Waals surface area contributed by atoms with Crippen molar-refractivity contribution in [3.63, 3.8) is 0 Å². The van der Waals surface area contributed by atoms with Gasteiger partial charge in [0.1, 0.15) is 0 Å². The number of nitrogens with zero attached hydrogens (tertiary/aromatic N) is 6. The van der Waals surface area contributed by atoms with Gasteiger partial charge in [0.25, 0.3) is 0 Å². The summed E-state index contributed by atoms with van der Waals surface area (Å²) < 4.78 is 5.73. The van der Waals surface area contributed by atoms with Gasteiger partial charge in [-0.15, -0.1) is 0 Å². The summed E-state index contributed by atoms with van der Waals surface area (Å²) in [6.07, 6.45) is 33.7. The maximum absolute atomic E-state index is 5.79. The molecule has 17 atom stereocenters. The van der Waals surface area contributed by atoms with Crippen LogP contribution in [-0.2, 0) is 0 Å². The van der Waals surface area contributed by atoms with Gasteiger partial charge in [0.05, 0.1) is 57.9 Å². The molecule has 6 heteroatoms. The van der Waals surface area contributed by atoms with Crippen LogP contribution in [0.5, 0.6) is 0 Å². The lowest BCUT2D eigenvalue weighted by molar-refractivity contribution is -0.146. The number of aromatic nitrogens is 6. The highest BCUT2D eigenvalue weighted by atomic mass is 15.0. The van der Waals surface area contributed by atoms with Crippen molar-refractivity contribution >= 4 is 76.2 Å². The SMILES string of the molecule is c1nc2c(c3c4c5c6c7c(ncc6n6c8cnc9c(c8c(c8c%10c%11c(ncc%10n(c13)c48)C1CC3CC4CC%11C34C1)c56)C1CC3CC4CC9CC431)C1CC3CC4CC7C34C1)C1CC3CC(CC2C3)C1. The molecule has 9 aromatic rings. The van der Waals surface area contributed by atoms with Gasteiger partial charge in [0.2, 0.25) is 0 Å². The summed E-state index contributed by atoms with van der Waals surface area (Å²) in [5.41, 5.74) is 23.3. The van der Waals surface area contributed by atoms with Crippen LogP contribution in [0.15, 0.2) is 24.8 Å². The van der Waals surface area contributed by atoms with E-state index in [1.165, 1.54) is 154 Å². The van der Waals surface area contributed by atoms with Gasteiger partial charge >= 0.3 is 0 Å². The molecule has 16 aliphatic carbocycles. The van der Waals surface area contributed by atoms with E-state index in [-0.39, 0.29) is 0 Å². The average molecular weight is 883 g/mol. The van der Waals surface area contributed by atoms with E-state index in [9.17, 15) is 0 Å².